The normalized spacial score (nSPS) is 23.2. The van der Waals surface area contributed by atoms with E-state index in [4.69, 9.17) is 0 Å². The standard InChI is InChI=1S/C16H20N6O.ClH/c23-16(21-6-4-13-9-17-10-14(13)5-7-21)12-2-1-3-15(8-12)22-11-18-19-20-22;/h1-3,8,11,13-14,17H,4-7,9-10H2;1H/t13-,14+;. The predicted octanol–water partition coefficient (Wildman–Crippen LogP) is 1.16. The van der Waals surface area contributed by atoms with E-state index >= 15 is 0 Å². The molecular formula is C16H21ClN6O. The van der Waals surface area contributed by atoms with Gasteiger partial charge in [-0.05, 0) is 66.4 Å². The van der Waals surface area contributed by atoms with Crippen molar-refractivity contribution in [1.29, 1.82) is 0 Å². The molecule has 1 aromatic heterocycles. The van der Waals surface area contributed by atoms with E-state index in [-0.39, 0.29) is 18.3 Å². The molecule has 2 aliphatic rings. The summed E-state index contributed by atoms with van der Waals surface area (Å²) in [5.41, 5.74) is 1.50. The molecule has 1 N–H and O–H groups in total. The molecule has 3 heterocycles. The van der Waals surface area contributed by atoms with Crippen LogP contribution in [0.5, 0.6) is 0 Å². The van der Waals surface area contributed by atoms with E-state index in [2.05, 4.69) is 20.8 Å². The van der Waals surface area contributed by atoms with E-state index in [9.17, 15) is 4.79 Å². The number of fused-ring (bicyclic) bond motifs is 1. The molecular weight excluding hydrogens is 328 g/mol. The average molecular weight is 349 g/mol. The number of nitrogens with one attached hydrogen (secondary N) is 1. The lowest BCUT2D eigenvalue weighted by atomic mass is 9.92. The van der Waals surface area contributed by atoms with Crippen molar-refractivity contribution in [1.82, 2.24) is 30.4 Å². The van der Waals surface area contributed by atoms with Crippen LogP contribution in [-0.2, 0) is 0 Å². The predicted molar refractivity (Wildman–Crippen MR) is 91.4 cm³/mol. The van der Waals surface area contributed by atoms with Crippen molar-refractivity contribution in [3.8, 4) is 5.69 Å². The van der Waals surface area contributed by atoms with Gasteiger partial charge in [-0.2, -0.15) is 0 Å². The van der Waals surface area contributed by atoms with E-state index in [0.29, 0.717) is 5.56 Å². The lowest BCUT2D eigenvalue weighted by Crippen LogP contribution is -2.32. The number of rotatable bonds is 2. The molecule has 2 aliphatic heterocycles. The first-order chi connectivity index (χ1) is 11.3. The number of hydrogen-bond donors (Lipinski definition) is 1. The summed E-state index contributed by atoms with van der Waals surface area (Å²) in [7, 11) is 0. The molecule has 0 spiro atoms. The number of benzene rings is 1. The molecule has 2 fully saturated rings. The van der Waals surface area contributed by atoms with Gasteiger partial charge in [-0.15, -0.1) is 17.5 Å². The molecule has 4 rings (SSSR count). The van der Waals surface area contributed by atoms with Gasteiger partial charge in [0.05, 0.1) is 5.69 Å². The number of hydrogen-bond acceptors (Lipinski definition) is 5. The SMILES string of the molecule is Cl.O=C(c1cccc(-n2cnnn2)c1)N1CC[C@@H]2CNC[C@@H]2CC1. The van der Waals surface area contributed by atoms with Gasteiger partial charge in [0.15, 0.2) is 0 Å². The Labute approximate surface area is 146 Å². The highest BCUT2D eigenvalue weighted by Crippen LogP contribution is 2.27. The summed E-state index contributed by atoms with van der Waals surface area (Å²) in [6.07, 6.45) is 3.72. The maximum Gasteiger partial charge on any atom is 0.253 e. The largest absolute Gasteiger partial charge is 0.339 e. The van der Waals surface area contributed by atoms with E-state index in [0.717, 1.165) is 56.5 Å². The fraction of sp³-hybridized carbons (Fsp3) is 0.500. The monoisotopic (exact) mass is 348 g/mol. The van der Waals surface area contributed by atoms with Crippen molar-refractivity contribution in [3.63, 3.8) is 0 Å². The highest BCUT2D eigenvalue weighted by molar-refractivity contribution is 5.94. The van der Waals surface area contributed by atoms with Crippen molar-refractivity contribution >= 4 is 18.3 Å². The quantitative estimate of drug-likeness (QED) is 0.881. The van der Waals surface area contributed by atoms with Gasteiger partial charge in [0.1, 0.15) is 6.33 Å². The number of halogens is 1. The van der Waals surface area contributed by atoms with Crippen molar-refractivity contribution in [2.24, 2.45) is 11.8 Å². The minimum atomic E-state index is 0. The summed E-state index contributed by atoms with van der Waals surface area (Å²) in [6.45, 7) is 3.89. The molecule has 2 aromatic rings. The van der Waals surface area contributed by atoms with E-state index in [1.165, 1.54) is 6.33 Å². The summed E-state index contributed by atoms with van der Waals surface area (Å²) in [6, 6.07) is 7.49. The van der Waals surface area contributed by atoms with Crippen molar-refractivity contribution < 1.29 is 4.79 Å². The maximum atomic E-state index is 12.8. The van der Waals surface area contributed by atoms with Crippen LogP contribution in [0.4, 0.5) is 0 Å². The van der Waals surface area contributed by atoms with Gasteiger partial charge in [-0.25, -0.2) is 4.68 Å². The zero-order chi connectivity index (χ0) is 15.6. The first kappa shape index (κ1) is 16.9. The summed E-state index contributed by atoms with van der Waals surface area (Å²) >= 11 is 0. The Balaban J connectivity index is 0.00000169. The Kier molecular flexibility index (Phi) is 5.11. The van der Waals surface area contributed by atoms with Crippen LogP contribution in [0.25, 0.3) is 5.69 Å². The summed E-state index contributed by atoms with van der Waals surface area (Å²) in [5, 5.41) is 14.6. The minimum Gasteiger partial charge on any atom is -0.339 e. The number of carbonyl (C=O) groups is 1. The van der Waals surface area contributed by atoms with Crippen LogP contribution in [0, 0.1) is 11.8 Å². The lowest BCUT2D eigenvalue weighted by molar-refractivity contribution is 0.0758. The topological polar surface area (TPSA) is 75.9 Å². The Morgan fingerprint density at radius 3 is 2.58 bits per heavy atom. The molecule has 0 bridgehead atoms. The molecule has 0 aliphatic carbocycles. The average Bonchev–Trinajstić information content (AvgIpc) is 3.23. The summed E-state index contributed by atoms with van der Waals surface area (Å²) in [4.78, 5) is 14.8. The number of nitrogens with zero attached hydrogens (tertiary/aromatic N) is 5. The van der Waals surface area contributed by atoms with Crippen LogP contribution in [0.3, 0.4) is 0 Å². The smallest absolute Gasteiger partial charge is 0.253 e. The van der Waals surface area contributed by atoms with Crippen molar-refractivity contribution in [3.05, 3.63) is 36.2 Å². The van der Waals surface area contributed by atoms with Gasteiger partial charge in [0.25, 0.3) is 5.91 Å². The minimum absolute atomic E-state index is 0. The van der Waals surface area contributed by atoms with Crippen molar-refractivity contribution in [2.75, 3.05) is 26.2 Å². The van der Waals surface area contributed by atoms with E-state index < -0.39 is 0 Å². The Morgan fingerprint density at radius 1 is 1.17 bits per heavy atom. The molecule has 128 valence electrons. The number of aromatic nitrogens is 4. The van der Waals surface area contributed by atoms with Gasteiger partial charge in [0.2, 0.25) is 0 Å². The fourth-order valence-electron chi connectivity index (χ4n) is 3.66. The van der Waals surface area contributed by atoms with Crippen LogP contribution in [-0.4, -0.2) is 57.2 Å². The molecule has 0 saturated carbocycles. The summed E-state index contributed by atoms with van der Waals surface area (Å²) < 4.78 is 1.56. The molecule has 1 amide bonds. The van der Waals surface area contributed by atoms with Crippen molar-refractivity contribution in [2.45, 2.75) is 12.8 Å². The van der Waals surface area contributed by atoms with Crippen LogP contribution < -0.4 is 5.32 Å². The van der Waals surface area contributed by atoms with Gasteiger partial charge in [-0.3, -0.25) is 4.79 Å². The second kappa shape index (κ2) is 7.27. The first-order valence-electron chi connectivity index (χ1n) is 8.14. The van der Waals surface area contributed by atoms with Crippen LogP contribution >= 0.6 is 12.4 Å². The third-order valence-corrected chi connectivity index (χ3v) is 5.01. The zero-order valence-corrected chi connectivity index (χ0v) is 14.2. The number of likely N-dealkylation sites (tertiary alicyclic amines) is 1. The molecule has 2 atom stereocenters. The van der Waals surface area contributed by atoms with Gasteiger partial charge >= 0.3 is 0 Å². The Morgan fingerprint density at radius 2 is 1.92 bits per heavy atom. The van der Waals surface area contributed by atoms with Gasteiger partial charge in [0, 0.05) is 18.7 Å². The van der Waals surface area contributed by atoms with E-state index in [1.807, 2.05) is 29.2 Å². The van der Waals surface area contributed by atoms with Gasteiger partial charge in [-0.1, -0.05) is 6.07 Å². The molecule has 1 aromatic carbocycles. The first-order valence-corrected chi connectivity index (χ1v) is 8.14. The fourth-order valence-corrected chi connectivity index (χ4v) is 3.66. The number of carbonyl (C=O) groups excluding carboxylic acids is 1. The molecule has 8 heteroatoms. The molecule has 7 nitrogen and oxygen atoms in total. The molecule has 0 radical (unpaired) electrons. The number of amides is 1. The van der Waals surface area contributed by atoms with Gasteiger partial charge < -0.3 is 10.2 Å². The summed E-state index contributed by atoms with van der Waals surface area (Å²) in [5.74, 6) is 1.55. The molecule has 24 heavy (non-hydrogen) atoms. The molecule has 2 saturated heterocycles. The van der Waals surface area contributed by atoms with Crippen LogP contribution in [0.1, 0.15) is 23.2 Å². The van der Waals surface area contributed by atoms with E-state index in [1.54, 1.807) is 4.68 Å². The Hall–Kier alpha value is -1.99. The third kappa shape index (κ3) is 3.27. The van der Waals surface area contributed by atoms with Crippen LogP contribution in [0.2, 0.25) is 0 Å². The third-order valence-electron chi connectivity index (χ3n) is 5.01. The lowest BCUT2D eigenvalue weighted by Gasteiger charge is -2.21. The molecule has 0 unspecified atom stereocenters. The zero-order valence-electron chi connectivity index (χ0n) is 13.3. The second-order valence-corrected chi connectivity index (χ2v) is 6.35. The highest BCUT2D eigenvalue weighted by Gasteiger charge is 2.31. The van der Waals surface area contributed by atoms with Crippen LogP contribution in [0.15, 0.2) is 30.6 Å². The Bertz CT molecular complexity index is 678. The second-order valence-electron chi connectivity index (χ2n) is 6.35. The highest BCUT2D eigenvalue weighted by atomic mass is 35.5. The maximum absolute atomic E-state index is 12.8. The number of tetrazole rings is 1.